The van der Waals surface area contributed by atoms with Crippen molar-refractivity contribution in [2.45, 2.75) is 46.3 Å². The quantitative estimate of drug-likeness (QED) is 0.749. The van der Waals surface area contributed by atoms with Gasteiger partial charge in [-0.3, -0.25) is 14.2 Å². The molecule has 2 rings (SSSR count). The number of likely N-dealkylation sites (N-methyl/N-ethyl adjacent to an activating group) is 1. The Morgan fingerprint density at radius 3 is 2.54 bits per heavy atom. The number of carbonyl (C=O) groups excluding carboxylic acids is 2. The zero-order valence-electron chi connectivity index (χ0n) is 16.5. The van der Waals surface area contributed by atoms with Crippen LogP contribution in [0.15, 0.2) is 36.7 Å². The van der Waals surface area contributed by atoms with E-state index >= 15 is 0 Å². The van der Waals surface area contributed by atoms with Gasteiger partial charge in [0, 0.05) is 25.0 Å². The van der Waals surface area contributed by atoms with Gasteiger partial charge in [0.25, 0.3) is 5.91 Å². The van der Waals surface area contributed by atoms with Gasteiger partial charge < -0.3 is 10.2 Å². The molecule has 1 aromatic heterocycles. The summed E-state index contributed by atoms with van der Waals surface area (Å²) >= 11 is 0. The first-order valence-corrected chi connectivity index (χ1v) is 9.12. The van der Waals surface area contributed by atoms with Crippen LogP contribution >= 0.6 is 0 Å². The van der Waals surface area contributed by atoms with E-state index in [4.69, 9.17) is 0 Å². The molecular formula is C20H26F2N4O2. The van der Waals surface area contributed by atoms with Crippen molar-refractivity contribution in [2.75, 3.05) is 7.05 Å². The Hall–Kier alpha value is -2.77. The molecule has 0 bridgehead atoms. The largest absolute Gasteiger partial charge is 0.340 e. The second kappa shape index (κ2) is 9.43. The monoisotopic (exact) mass is 392 g/mol. The van der Waals surface area contributed by atoms with Crippen molar-refractivity contribution in [1.29, 1.82) is 0 Å². The minimum absolute atomic E-state index is 0.0784. The van der Waals surface area contributed by atoms with E-state index in [2.05, 4.69) is 10.3 Å². The number of rotatable bonds is 8. The van der Waals surface area contributed by atoms with E-state index in [1.54, 1.807) is 12.1 Å². The Labute approximate surface area is 163 Å². The first-order chi connectivity index (χ1) is 13.2. The van der Waals surface area contributed by atoms with Crippen LogP contribution in [0, 0.1) is 12.8 Å². The number of halogens is 2. The fourth-order valence-electron chi connectivity index (χ4n) is 2.96. The number of nitrogens with one attached hydrogen (secondary N) is 1. The van der Waals surface area contributed by atoms with Gasteiger partial charge in [-0.25, -0.2) is 4.98 Å². The summed E-state index contributed by atoms with van der Waals surface area (Å²) in [5.41, 5.74) is 1.31. The Morgan fingerprint density at radius 2 is 1.93 bits per heavy atom. The van der Waals surface area contributed by atoms with E-state index in [0.29, 0.717) is 16.6 Å². The molecule has 152 valence electrons. The molecule has 28 heavy (non-hydrogen) atoms. The zero-order chi connectivity index (χ0) is 20.8. The molecular weight excluding hydrogens is 366 g/mol. The van der Waals surface area contributed by atoms with Crippen LogP contribution in [-0.4, -0.2) is 39.4 Å². The van der Waals surface area contributed by atoms with Gasteiger partial charge in [-0.2, -0.15) is 8.78 Å². The maximum atomic E-state index is 13.0. The number of carbonyl (C=O) groups is 2. The molecule has 0 aliphatic carbocycles. The Bertz CT molecular complexity index is 820. The van der Waals surface area contributed by atoms with Crippen molar-refractivity contribution in [1.82, 2.24) is 19.8 Å². The van der Waals surface area contributed by atoms with Crippen molar-refractivity contribution in [3.63, 3.8) is 0 Å². The minimum Gasteiger partial charge on any atom is -0.340 e. The number of hydrogen-bond acceptors (Lipinski definition) is 3. The van der Waals surface area contributed by atoms with Crippen molar-refractivity contribution in [3.8, 4) is 0 Å². The molecule has 0 aliphatic rings. The average Bonchev–Trinajstić information content (AvgIpc) is 3.08. The summed E-state index contributed by atoms with van der Waals surface area (Å²) in [6.07, 6.45) is 2.87. The summed E-state index contributed by atoms with van der Waals surface area (Å²) in [6, 6.07) is 6.36. The van der Waals surface area contributed by atoms with Crippen LogP contribution in [0.3, 0.4) is 0 Å². The van der Waals surface area contributed by atoms with Crippen molar-refractivity contribution in [2.24, 2.45) is 5.92 Å². The van der Waals surface area contributed by atoms with Gasteiger partial charge in [-0.05, 0) is 30.9 Å². The molecule has 1 N–H and O–H groups in total. The first-order valence-electron chi connectivity index (χ1n) is 9.12. The van der Waals surface area contributed by atoms with E-state index in [9.17, 15) is 18.4 Å². The summed E-state index contributed by atoms with van der Waals surface area (Å²) < 4.78 is 26.7. The molecule has 0 saturated carbocycles. The highest BCUT2D eigenvalue weighted by atomic mass is 19.3. The molecule has 1 heterocycles. The third kappa shape index (κ3) is 5.37. The second-order valence-electron chi connectivity index (χ2n) is 7.19. The molecule has 1 atom stereocenters. The lowest BCUT2D eigenvalue weighted by atomic mass is 10.0. The SMILES string of the molecule is Cc1ccccc1C(=O)NC(CC(C)C)C(=O)N(C)Cc1nccn1C(F)F. The van der Waals surface area contributed by atoms with Gasteiger partial charge in [0.2, 0.25) is 5.91 Å². The second-order valence-corrected chi connectivity index (χ2v) is 7.19. The summed E-state index contributed by atoms with van der Waals surface area (Å²) in [6.45, 7) is 2.91. The predicted octanol–water partition coefficient (Wildman–Crippen LogP) is 3.39. The maximum Gasteiger partial charge on any atom is 0.319 e. The van der Waals surface area contributed by atoms with Crippen LogP contribution in [0.2, 0.25) is 0 Å². The van der Waals surface area contributed by atoms with Crippen LogP contribution in [-0.2, 0) is 11.3 Å². The smallest absolute Gasteiger partial charge is 0.319 e. The number of nitrogens with zero attached hydrogens (tertiary/aromatic N) is 3. The topological polar surface area (TPSA) is 67.2 Å². The third-order valence-corrected chi connectivity index (χ3v) is 4.41. The van der Waals surface area contributed by atoms with Gasteiger partial charge in [0.05, 0.1) is 6.54 Å². The lowest BCUT2D eigenvalue weighted by molar-refractivity contribution is -0.133. The molecule has 1 unspecified atom stereocenters. The predicted molar refractivity (Wildman–Crippen MR) is 102 cm³/mol. The summed E-state index contributed by atoms with van der Waals surface area (Å²) in [7, 11) is 1.51. The Balaban J connectivity index is 2.14. The Morgan fingerprint density at radius 1 is 1.25 bits per heavy atom. The fraction of sp³-hybridized carbons (Fsp3) is 0.450. The van der Waals surface area contributed by atoms with Gasteiger partial charge in [0.15, 0.2) is 0 Å². The molecule has 6 nitrogen and oxygen atoms in total. The highest BCUT2D eigenvalue weighted by Gasteiger charge is 2.27. The lowest BCUT2D eigenvalue weighted by Crippen LogP contribution is -2.48. The molecule has 1 aromatic carbocycles. The van der Waals surface area contributed by atoms with Gasteiger partial charge in [-0.15, -0.1) is 0 Å². The number of imidazole rings is 1. The van der Waals surface area contributed by atoms with Crippen molar-refractivity contribution < 1.29 is 18.4 Å². The molecule has 0 spiro atoms. The van der Waals surface area contributed by atoms with Crippen LogP contribution in [0.25, 0.3) is 0 Å². The molecule has 2 aromatic rings. The molecule has 8 heteroatoms. The van der Waals surface area contributed by atoms with Crippen LogP contribution < -0.4 is 5.32 Å². The minimum atomic E-state index is -2.73. The van der Waals surface area contributed by atoms with Gasteiger partial charge in [0.1, 0.15) is 11.9 Å². The summed E-state index contributed by atoms with van der Waals surface area (Å²) in [4.78, 5) is 30.8. The standard InChI is InChI=1S/C20H26F2N4O2/c1-13(2)11-16(24-18(27)15-8-6-5-7-14(15)3)19(28)25(4)12-17-23-9-10-26(17)20(21)22/h5-10,13,16,20H,11-12H2,1-4H3,(H,24,27). The fourth-order valence-corrected chi connectivity index (χ4v) is 2.96. The van der Waals surface area contributed by atoms with Gasteiger partial charge in [-0.1, -0.05) is 32.0 Å². The van der Waals surface area contributed by atoms with Gasteiger partial charge >= 0.3 is 6.55 Å². The number of aromatic nitrogens is 2. The number of benzene rings is 1. The summed E-state index contributed by atoms with van der Waals surface area (Å²) in [5, 5.41) is 2.80. The van der Waals surface area contributed by atoms with Crippen LogP contribution in [0.1, 0.15) is 48.6 Å². The summed E-state index contributed by atoms with van der Waals surface area (Å²) in [5.74, 6) is -0.444. The van der Waals surface area contributed by atoms with E-state index in [1.807, 2.05) is 32.9 Å². The highest BCUT2D eigenvalue weighted by molar-refractivity contribution is 5.98. The van der Waals surface area contributed by atoms with E-state index in [0.717, 1.165) is 5.56 Å². The molecule has 0 fully saturated rings. The molecule has 2 amide bonds. The Kier molecular flexibility index (Phi) is 7.25. The van der Waals surface area contributed by atoms with E-state index in [1.165, 1.54) is 24.3 Å². The lowest BCUT2D eigenvalue weighted by Gasteiger charge is -2.26. The third-order valence-electron chi connectivity index (χ3n) is 4.41. The zero-order valence-corrected chi connectivity index (χ0v) is 16.5. The molecule has 0 aliphatic heterocycles. The van der Waals surface area contributed by atoms with E-state index < -0.39 is 12.6 Å². The molecule has 0 radical (unpaired) electrons. The number of aryl methyl sites for hydroxylation is 1. The van der Waals surface area contributed by atoms with Crippen molar-refractivity contribution >= 4 is 11.8 Å². The number of amides is 2. The average molecular weight is 392 g/mol. The maximum absolute atomic E-state index is 13.0. The number of alkyl halides is 2. The van der Waals surface area contributed by atoms with Crippen molar-refractivity contribution in [3.05, 3.63) is 53.6 Å². The van der Waals surface area contributed by atoms with Crippen LogP contribution in [0.4, 0.5) is 8.78 Å². The van der Waals surface area contributed by atoms with Crippen LogP contribution in [0.5, 0.6) is 0 Å². The molecule has 0 saturated heterocycles. The highest BCUT2D eigenvalue weighted by Crippen LogP contribution is 2.15. The first kappa shape index (κ1) is 21.5. The van der Waals surface area contributed by atoms with E-state index in [-0.39, 0.29) is 30.1 Å². The normalized spacial score (nSPS) is 12.3. The number of hydrogen-bond donors (Lipinski definition) is 1.